The highest BCUT2D eigenvalue weighted by Crippen LogP contribution is 2.26. The number of thiazole rings is 1. The number of rotatable bonds is 6. The molecule has 0 radical (unpaired) electrons. The summed E-state index contributed by atoms with van der Waals surface area (Å²) in [7, 11) is 0. The number of aryl methyl sites for hydroxylation is 1. The first-order valence-corrected chi connectivity index (χ1v) is 10.2. The van der Waals surface area contributed by atoms with Crippen LogP contribution in [0, 0.1) is 12.8 Å². The number of aliphatic imine (C=N–C) groups is 1. The first-order valence-electron chi connectivity index (χ1n) is 9.41. The molecule has 0 aromatic carbocycles. The van der Waals surface area contributed by atoms with Crippen molar-refractivity contribution in [3.8, 4) is 0 Å². The molecule has 2 N–H and O–H groups in total. The summed E-state index contributed by atoms with van der Waals surface area (Å²) in [6.07, 6.45) is 8.89. The van der Waals surface area contributed by atoms with Crippen LogP contribution >= 0.6 is 11.3 Å². The lowest BCUT2D eigenvalue weighted by molar-refractivity contribution is 0.275. The van der Waals surface area contributed by atoms with Crippen molar-refractivity contribution in [2.75, 3.05) is 26.2 Å². The topological polar surface area (TPSA) is 52.6 Å². The Kier molecular flexibility index (Phi) is 6.49. The minimum Gasteiger partial charge on any atom is -0.357 e. The minimum atomic E-state index is 0.516. The third-order valence-corrected chi connectivity index (χ3v) is 5.89. The van der Waals surface area contributed by atoms with Crippen molar-refractivity contribution in [2.45, 2.75) is 58.5 Å². The van der Waals surface area contributed by atoms with E-state index in [1.165, 1.54) is 50.1 Å². The van der Waals surface area contributed by atoms with Crippen molar-refractivity contribution in [1.29, 1.82) is 0 Å². The van der Waals surface area contributed by atoms with E-state index in [0.717, 1.165) is 30.0 Å². The van der Waals surface area contributed by atoms with Gasteiger partial charge in [-0.3, -0.25) is 0 Å². The van der Waals surface area contributed by atoms with Crippen LogP contribution in [0.4, 0.5) is 0 Å². The fourth-order valence-electron chi connectivity index (χ4n) is 3.81. The van der Waals surface area contributed by atoms with Gasteiger partial charge in [-0.15, -0.1) is 11.3 Å². The van der Waals surface area contributed by atoms with E-state index in [0.29, 0.717) is 12.6 Å². The number of guanidine groups is 1. The molecule has 134 valence electrons. The van der Waals surface area contributed by atoms with Gasteiger partial charge in [-0.05, 0) is 39.0 Å². The molecule has 1 aliphatic heterocycles. The van der Waals surface area contributed by atoms with E-state index in [1.807, 2.05) is 6.20 Å². The second-order valence-corrected chi connectivity index (χ2v) is 8.42. The average Bonchev–Trinajstić information content (AvgIpc) is 3.29. The number of hydrogen-bond acceptors (Lipinski definition) is 4. The molecule has 1 atom stereocenters. The Balaban J connectivity index is 1.48. The number of aromatic nitrogens is 1. The molecule has 3 rings (SSSR count). The van der Waals surface area contributed by atoms with Crippen LogP contribution in [0.2, 0.25) is 0 Å². The fourth-order valence-corrected chi connectivity index (χ4v) is 4.52. The monoisotopic (exact) mass is 349 g/mol. The van der Waals surface area contributed by atoms with Gasteiger partial charge >= 0.3 is 0 Å². The van der Waals surface area contributed by atoms with E-state index in [1.54, 1.807) is 11.3 Å². The maximum atomic E-state index is 4.71. The molecule has 1 aromatic rings. The van der Waals surface area contributed by atoms with Crippen molar-refractivity contribution in [2.24, 2.45) is 10.9 Å². The first-order chi connectivity index (χ1) is 11.7. The number of hydrogen-bond donors (Lipinski definition) is 2. The highest BCUT2D eigenvalue weighted by atomic mass is 32.1. The van der Waals surface area contributed by atoms with Gasteiger partial charge in [-0.1, -0.05) is 12.8 Å². The van der Waals surface area contributed by atoms with E-state index in [9.17, 15) is 0 Å². The lowest BCUT2D eigenvalue weighted by atomic mass is 10.1. The van der Waals surface area contributed by atoms with Crippen LogP contribution in [-0.4, -0.2) is 48.1 Å². The van der Waals surface area contributed by atoms with Crippen LogP contribution in [-0.2, 0) is 6.54 Å². The number of nitrogens with zero attached hydrogens (tertiary/aromatic N) is 3. The summed E-state index contributed by atoms with van der Waals surface area (Å²) in [5.41, 5.74) is 0. The van der Waals surface area contributed by atoms with Gasteiger partial charge in [0.05, 0.1) is 6.54 Å². The van der Waals surface area contributed by atoms with Gasteiger partial charge in [0.2, 0.25) is 0 Å². The van der Waals surface area contributed by atoms with Crippen molar-refractivity contribution in [3.63, 3.8) is 0 Å². The predicted octanol–water partition coefficient (Wildman–Crippen LogP) is 2.77. The van der Waals surface area contributed by atoms with Crippen molar-refractivity contribution in [1.82, 2.24) is 20.5 Å². The Morgan fingerprint density at radius 2 is 2.21 bits per heavy atom. The zero-order chi connectivity index (χ0) is 16.8. The number of likely N-dealkylation sites (tertiary alicyclic amines) is 1. The minimum absolute atomic E-state index is 0.516. The van der Waals surface area contributed by atoms with Crippen molar-refractivity contribution in [3.05, 3.63) is 16.1 Å². The van der Waals surface area contributed by atoms with Gasteiger partial charge in [0, 0.05) is 43.3 Å². The lowest BCUT2D eigenvalue weighted by Crippen LogP contribution is -2.44. The first kappa shape index (κ1) is 17.7. The third kappa shape index (κ3) is 5.18. The summed E-state index contributed by atoms with van der Waals surface area (Å²) in [4.78, 5) is 13.0. The normalized spacial score (nSPS) is 23.1. The van der Waals surface area contributed by atoms with E-state index < -0.39 is 0 Å². The summed E-state index contributed by atoms with van der Waals surface area (Å²) in [5, 5.41) is 8.08. The molecule has 1 unspecified atom stereocenters. The maximum absolute atomic E-state index is 4.71. The van der Waals surface area contributed by atoms with Gasteiger partial charge < -0.3 is 15.5 Å². The second-order valence-electron chi connectivity index (χ2n) is 7.10. The maximum Gasteiger partial charge on any atom is 0.191 e. The molecule has 0 bridgehead atoms. The van der Waals surface area contributed by atoms with Crippen molar-refractivity contribution < 1.29 is 0 Å². The van der Waals surface area contributed by atoms with Crippen LogP contribution in [0.3, 0.4) is 0 Å². The molecule has 1 aliphatic carbocycles. The summed E-state index contributed by atoms with van der Waals surface area (Å²) >= 11 is 1.73. The molecule has 24 heavy (non-hydrogen) atoms. The highest BCUT2D eigenvalue weighted by molar-refractivity contribution is 7.11. The molecule has 5 nitrogen and oxygen atoms in total. The molecule has 6 heteroatoms. The van der Waals surface area contributed by atoms with Crippen LogP contribution in [0.25, 0.3) is 0 Å². The molecule has 1 saturated heterocycles. The fraction of sp³-hybridized carbons (Fsp3) is 0.778. The van der Waals surface area contributed by atoms with E-state index in [2.05, 4.69) is 34.4 Å². The van der Waals surface area contributed by atoms with Crippen molar-refractivity contribution >= 4 is 17.3 Å². The van der Waals surface area contributed by atoms with E-state index in [4.69, 9.17) is 4.99 Å². The molecule has 1 saturated carbocycles. The highest BCUT2D eigenvalue weighted by Gasteiger charge is 2.26. The van der Waals surface area contributed by atoms with Crippen LogP contribution in [0.15, 0.2) is 11.2 Å². The summed E-state index contributed by atoms with van der Waals surface area (Å²) < 4.78 is 0. The Labute approximate surface area is 150 Å². The SMILES string of the molecule is CCNC(=NCc1ncc(C)s1)NC1CCN(CC2CCCC2)C1. The van der Waals surface area contributed by atoms with Crippen LogP contribution in [0.1, 0.15) is 48.9 Å². The average molecular weight is 350 g/mol. The lowest BCUT2D eigenvalue weighted by Gasteiger charge is -2.21. The van der Waals surface area contributed by atoms with Gasteiger partial charge in [-0.25, -0.2) is 9.98 Å². The van der Waals surface area contributed by atoms with Crippen LogP contribution < -0.4 is 10.6 Å². The van der Waals surface area contributed by atoms with E-state index >= 15 is 0 Å². The molecular formula is C18H31N5S. The smallest absolute Gasteiger partial charge is 0.191 e. The molecular weight excluding hydrogens is 318 g/mol. The van der Waals surface area contributed by atoms with Crippen LogP contribution in [0.5, 0.6) is 0 Å². The Morgan fingerprint density at radius 3 is 2.92 bits per heavy atom. The molecule has 2 aliphatic rings. The summed E-state index contributed by atoms with van der Waals surface area (Å²) in [5.74, 6) is 1.87. The van der Waals surface area contributed by atoms with Gasteiger partial charge in [0.1, 0.15) is 5.01 Å². The standard InChI is InChI=1S/C18H31N5S/c1-3-19-18(21-11-17-20-10-14(2)24-17)22-16-8-9-23(13-16)12-15-6-4-5-7-15/h10,15-16H,3-9,11-13H2,1-2H3,(H2,19,21,22). The van der Waals surface area contributed by atoms with Gasteiger partial charge in [0.15, 0.2) is 5.96 Å². The third-order valence-electron chi connectivity index (χ3n) is 4.99. The largest absolute Gasteiger partial charge is 0.357 e. The summed E-state index contributed by atoms with van der Waals surface area (Å²) in [6, 6.07) is 0.516. The zero-order valence-corrected chi connectivity index (χ0v) is 15.9. The Hall–Kier alpha value is -1.14. The van der Waals surface area contributed by atoms with Gasteiger partial charge in [0.25, 0.3) is 0 Å². The Bertz CT molecular complexity index is 535. The molecule has 1 aromatic heterocycles. The molecule has 0 amide bonds. The molecule has 0 spiro atoms. The molecule has 2 fully saturated rings. The Morgan fingerprint density at radius 1 is 1.38 bits per heavy atom. The molecule has 2 heterocycles. The number of nitrogens with one attached hydrogen (secondary N) is 2. The zero-order valence-electron chi connectivity index (χ0n) is 15.1. The second kappa shape index (κ2) is 8.81. The summed E-state index contributed by atoms with van der Waals surface area (Å²) in [6.45, 7) is 9.42. The van der Waals surface area contributed by atoms with Gasteiger partial charge in [-0.2, -0.15) is 0 Å². The quantitative estimate of drug-likeness (QED) is 0.612. The van der Waals surface area contributed by atoms with E-state index in [-0.39, 0.29) is 0 Å². The predicted molar refractivity (Wildman–Crippen MR) is 102 cm³/mol.